The summed E-state index contributed by atoms with van der Waals surface area (Å²) in [5.41, 5.74) is 5.43. The van der Waals surface area contributed by atoms with Gasteiger partial charge in [0.2, 0.25) is 21.8 Å². The average molecular weight is 486 g/mol. The van der Waals surface area contributed by atoms with Crippen LogP contribution in [0.15, 0.2) is 35.2 Å². The van der Waals surface area contributed by atoms with E-state index in [0.717, 1.165) is 33.4 Å². The molecule has 184 valence electrons. The minimum Gasteiger partial charge on any atom is -0.349 e. The van der Waals surface area contributed by atoms with Gasteiger partial charge in [-0.05, 0) is 62.4 Å². The van der Waals surface area contributed by atoms with E-state index in [0.29, 0.717) is 18.0 Å². The first-order chi connectivity index (χ1) is 15.9. The monoisotopic (exact) mass is 485 g/mol. The van der Waals surface area contributed by atoms with Crippen molar-refractivity contribution < 1.29 is 18.0 Å². The van der Waals surface area contributed by atoms with Crippen molar-refractivity contribution in [1.82, 2.24) is 14.5 Å². The van der Waals surface area contributed by atoms with Crippen molar-refractivity contribution in [3.8, 4) is 0 Å². The summed E-state index contributed by atoms with van der Waals surface area (Å²) in [5, 5.41) is 2.87. The van der Waals surface area contributed by atoms with Gasteiger partial charge in [0.05, 0.1) is 17.4 Å². The number of benzene rings is 2. The molecule has 1 atom stereocenters. The van der Waals surface area contributed by atoms with Crippen molar-refractivity contribution in [1.29, 1.82) is 0 Å². The highest BCUT2D eigenvalue weighted by atomic mass is 32.2. The molecule has 1 fully saturated rings. The van der Waals surface area contributed by atoms with Crippen molar-refractivity contribution in [2.45, 2.75) is 58.9 Å². The molecule has 1 heterocycles. The minimum absolute atomic E-state index is 0.102. The number of nitrogens with one attached hydrogen (secondary N) is 1. The Bertz CT molecular complexity index is 1160. The predicted octanol–water partition coefficient (Wildman–Crippen LogP) is 3.33. The van der Waals surface area contributed by atoms with E-state index in [1.54, 1.807) is 4.90 Å². The van der Waals surface area contributed by atoms with Crippen LogP contribution < -0.4 is 5.32 Å². The van der Waals surface area contributed by atoms with Crippen molar-refractivity contribution in [3.05, 3.63) is 63.7 Å². The predicted molar refractivity (Wildman–Crippen MR) is 133 cm³/mol. The summed E-state index contributed by atoms with van der Waals surface area (Å²) in [6.45, 7) is 12.1. The zero-order valence-corrected chi connectivity index (χ0v) is 21.8. The van der Waals surface area contributed by atoms with Gasteiger partial charge in [0, 0.05) is 33.1 Å². The van der Waals surface area contributed by atoms with E-state index in [2.05, 4.69) is 5.32 Å². The van der Waals surface area contributed by atoms with E-state index in [1.165, 1.54) is 11.2 Å². The summed E-state index contributed by atoms with van der Waals surface area (Å²) in [7, 11) is -3.67. The Labute approximate surface area is 203 Å². The molecule has 1 aliphatic heterocycles. The second-order valence-electron chi connectivity index (χ2n) is 9.24. The Morgan fingerprint density at radius 1 is 0.912 bits per heavy atom. The number of rotatable bonds is 6. The third kappa shape index (κ3) is 5.50. The number of carbonyl (C=O) groups excluding carboxylic acids is 2. The second kappa shape index (κ2) is 10.3. The topological polar surface area (TPSA) is 86.8 Å². The number of aryl methyl sites for hydroxylation is 3. The normalized spacial score (nSPS) is 15.8. The molecule has 2 aromatic carbocycles. The number of sulfonamides is 1. The molecule has 3 rings (SSSR count). The van der Waals surface area contributed by atoms with Gasteiger partial charge >= 0.3 is 0 Å². The lowest BCUT2D eigenvalue weighted by atomic mass is 10.0. The summed E-state index contributed by atoms with van der Waals surface area (Å²) >= 11 is 0. The fourth-order valence-corrected chi connectivity index (χ4v) is 6.47. The molecule has 1 unspecified atom stereocenters. The zero-order chi connectivity index (χ0) is 25.2. The largest absolute Gasteiger partial charge is 0.349 e. The molecule has 1 N–H and O–H groups in total. The van der Waals surface area contributed by atoms with Crippen molar-refractivity contribution in [2.24, 2.45) is 0 Å². The molecule has 0 aromatic heterocycles. The molecule has 0 saturated carbocycles. The van der Waals surface area contributed by atoms with Crippen molar-refractivity contribution >= 4 is 21.8 Å². The number of hydrogen-bond acceptors (Lipinski definition) is 4. The Balaban J connectivity index is 1.72. The second-order valence-corrected chi connectivity index (χ2v) is 11.1. The molecule has 8 heteroatoms. The first-order valence-electron chi connectivity index (χ1n) is 11.6. The van der Waals surface area contributed by atoms with E-state index < -0.39 is 16.1 Å². The zero-order valence-electron chi connectivity index (χ0n) is 20.9. The van der Waals surface area contributed by atoms with E-state index in [9.17, 15) is 18.0 Å². The molecule has 1 saturated heterocycles. The standard InChI is InChI=1S/C26H35N3O4S/c1-17-7-9-23(10-8-17)24(27-22(6)30)16-25(31)28-11-13-29(14-12-28)34(32,33)26-20(4)18(2)15-19(3)21(26)5/h7-10,15,24H,11-14,16H2,1-6H3,(H,27,30). The summed E-state index contributed by atoms with van der Waals surface area (Å²) in [5.74, 6) is -0.302. The molecular weight excluding hydrogens is 450 g/mol. The van der Waals surface area contributed by atoms with Crippen LogP contribution in [0.4, 0.5) is 0 Å². The van der Waals surface area contributed by atoms with Gasteiger partial charge in [-0.1, -0.05) is 35.9 Å². The number of amides is 2. The minimum atomic E-state index is -3.67. The SMILES string of the molecule is CC(=O)NC(CC(=O)N1CCN(S(=O)(=O)c2c(C)c(C)cc(C)c2C)CC1)c1ccc(C)cc1. The van der Waals surface area contributed by atoms with Crippen LogP contribution in [0.3, 0.4) is 0 Å². The smallest absolute Gasteiger partial charge is 0.243 e. The summed E-state index contributed by atoms with van der Waals surface area (Å²) in [6.07, 6.45) is 0.130. The fourth-order valence-electron chi connectivity index (χ4n) is 4.47. The lowest BCUT2D eigenvalue weighted by Crippen LogP contribution is -2.51. The molecule has 0 radical (unpaired) electrons. The first kappa shape index (κ1) is 25.9. The van der Waals surface area contributed by atoms with Gasteiger partial charge in [0.1, 0.15) is 0 Å². The van der Waals surface area contributed by atoms with Gasteiger partial charge in [0.25, 0.3) is 0 Å². The Kier molecular flexibility index (Phi) is 7.83. The summed E-state index contributed by atoms with van der Waals surface area (Å²) < 4.78 is 28.5. The van der Waals surface area contributed by atoms with E-state index in [-0.39, 0.29) is 31.3 Å². The molecular formula is C26H35N3O4S. The molecule has 0 spiro atoms. The van der Waals surface area contributed by atoms with Crippen LogP contribution >= 0.6 is 0 Å². The van der Waals surface area contributed by atoms with Crippen LogP contribution in [0.2, 0.25) is 0 Å². The third-order valence-electron chi connectivity index (χ3n) is 6.72. The van der Waals surface area contributed by atoms with Crippen molar-refractivity contribution in [2.75, 3.05) is 26.2 Å². The van der Waals surface area contributed by atoms with Crippen LogP contribution in [0.5, 0.6) is 0 Å². The van der Waals surface area contributed by atoms with Crippen LogP contribution in [0, 0.1) is 34.6 Å². The van der Waals surface area contributed by atoms with Gasteiger partial charge in [-0.3, -0.25) is 9.59 Å². The summed E-state index contributed by atoms with van der Waals surface area (Å²) in [4.78, 5) is 26.9. The lowest BCUT2D eigenvalue weighted by molar-refractivity contribution is -0.133. The molecule has 7 nitrogen and oxygen atoms in total. The molecule has 0 bridgehead atoms. The Morgan fingerprint density at radius 3 is 1.94 bits per heavy atom. The lowest BCUT2D eigenvalue weighted by Gasteiger charge is -2.35. The maximum absolute atomic E-state index is 13.5. The number of piperazine rings is 1. The number of hydrogen-bond donors (Lipinski definition) is 1. The van der Waals surface area contributed by atoms with Gasteiger partial charge < -0.3 is 10.2 Å². The number of carbonyl (C=O) groups is 2. The van der Waals surface area contributed by atoms with Crippen LogP contribution in [0.1, 0.15) is 52.8 Å². The maximum atomic E-state index is 13.5. The van der Waals surface area contributed by atoms with Crippen LogP contribution in [0.25, 0.3) is 0 Å². The average Bonchev–Trinajstić information content (AvgIpc) is 2.77. The molecule has 1 aliphatic rings. The molecule has 2 amide bonds. The van der Waals surface area contributed by atoms with Gasteiger partial charge in [0.15, 0.2) is 0 Å². The van der Waals surface area contributed by atoms with Gasteiger partial charge in [-0.25, -0.2) is 8.42 Å². The maximum Gasteiger partial charge on any atom is 0.243 e. The van der Waals surface area contributed by atoms with Crippen molar-refractivity contribution in [3.63, 3.8) is 0 Å². The third-order valence-corrected chi connectivity index (χ3v) is 8.90. The highest BCUT2D eigenvalue weighted by Crippen LogP contribution is 2.29. The molecule has 34 heavy (non-hydrogen) atoms. The van der Waals surface area contributed by atoms with Gasteiger partial charge in [-0.15, -0.1) is 0 Å². The molecule has 0 aliphatic carbocycles. The highest BCUT2D eigenvalue weighted by molar-refractivity contribution is 7.89. The first-order valence-corrected chi connectivity index (χ1v) is 13.0. The van der Waals surface area contributed by atoms with Gasteiger partial charge in [-0.2, -0.15) is 4.31 Å². The number of nitrogens with zero attached hydrogens (tertiary/aromatic N) is 2. The van der Waals surface area contributed by atoms with Crippen LogP contribution in [-0.4, -0.2) is 55.6 Å². The quantitative estimate of drug-likeness (QED) is 0.680. The Hall–Kier alpha value is -2.71. The summed E-state index contributed by atoms with van der Waals surface area (Å²) in [6, 6.07) is 9.34. The van der Waals surface area contributed by atoms with E-state index in [1.807, 2.05) is 65.0 Å². The Morgan fingerprint density at radius 2 is 1.44 bits per heavy atom. The van der Waals surface area contributed by atoms with E-state index >= 15 is 0 Å². The fraction of sp³-hybridized carbons (Fsp3) is 0.462. The van der Waals surface area contributed by atoms with E-state index in [4.69, 9.17) is 0 Å². The molecule has 2 aromatic rings. The highest BCUT2D eigenvalue weighted by Gasteiger charge is 2.33. The van der Waals surface area contributed by atoms with Crippen LogP contribution in [-0.2, 0) is 19.6 Å².